The van der Waals surface area contributed by atoms with Gasteiger partial charge >= 0.3 is 0 Å². The van der Waals surface area contributed by atoms with Crippen molar-refractivity contribution in [3.8, 4) is 0 Å². The maximum absolute atomic E-state index is 12.3. The van der Waals surface area contributed by atoms with E-state index in [0.717, 1.165) is 24.0 Å². The Morgan fingerprint density at radius 3 is 2.52 bits per heavy atom. The Balaban J connectivity index is 1.99. The van der Waals surface area contributed by atoms with Gasteiger partial charge < -0.3 is 4.90 Å². The van der Waals surface area contributed by atoms with Crippen LogP contribution in [0.1, 0.15) is 30.9 Å². The predicted octanol–water partition coefficient (Wildman–Crippen LogP) is 1.59. The van der Waals surface area contributed by atoms with Gasteiger partial charge in [0.1, 0.15) is 0 Å². The summed E-state index contributed by atoms with van der Waals surface area (Å²) >= 11 is 0. The summed E-state index contributed by atoms with van der Waals surface area (Å²) in [6.45, 7) is 5.90. The van der Waals surface area contributed by atoms with E-state index in [4.69, 9.17) is 0 Å². The highest BCUT2D eigenvalue weighted by molar-refractivity contribution is 7.89. The van der Waals surface area contributed by atoms with E-state index in [0.29, 0.717) is 17.5 Å². The summed E-state index contributed by atoms with van der Waals surface area (Å²) in [5.41, 5.74) is 1.76. The number of hydrogen-bond acceptors (Lipinski definition) is 3. The van der Waals surface area contributed by atoms with Gasteiger partial charge in [0.05, 0.1) is 4.90 Å². The fourth-order valence-corrected chi connectivity index (χ4v) is 3.71. The monoisotopic (exact) mass is 310 g/mol. The number of sulfonamides is 1. The molecule has 0 spiro atoms. The molecule has 0 aromatic heterocycles. The molecule has 0 atom stereocenters. The van der Waals surface area contributed by atoms with Crippen LogP contribution in [0.3, 0.4) is 0 Å². The minimum atomic E-state index is -3.52. The van der Waals surface area contributed by atoms with Crippen LogP contribution in [0.25, 0.3) is 0 Å². The van der Waals surface area contributed by atoms with Crippen molar-refractivity contribution in [1.82, 2.24) is 9.62 Å². The van der Waals surface area contributed by atoms with Crippen molar-refractivity contribution in [3.05, 3.63) is 29.3 Å². The molecule has 1 aromatic rings. The first kappa shape index (κ1) is 16.0. The van der Waals surface area contributed by atoms with E-state index < -0.39 is 10.0 Å². The number of rotatable bonds is 6. The smallest absolute Gasteiger partial charge is 0.240 e. The average molecular weight is 310 g/mol. The lowest BCUT2D eigenvalue weighted by atomic mass is 10.2. The molecule has 0 saturated heterocycles. The lowest BCUT2D eigenvalue weighted by Gasteiger charge is -2.20. The summed E-state index contributed by atoms with van der Waals surface area (Å²) in [4.78, 5) is 13.5. The van der Waals surface area contributed by atoms with Gasteiger partial charge in [-0.3, -0.25) is 4.79 Å². The first-order valence-corrected chi connectivity index (χ1v) is 8.63. The number of aryl methyl sites for hydroxylation is 2. The second-order valence-corrected chi connectivity index (χ2v) is 7.35. The van der Waals surface area contributed by atoms with Crippen molar-refractivity contribution in [2.75, 3.05) is 13.1 Å². The van der Waals surface area contributed by atoms with Gasteiger partial charge in [-0.2, -0.15) is 0 Å². The molecule has 2 rings (SSSR count). The third-order valence-corrected chi connectivity index (χ3v) is 5.28. The van der Waals surface area contributed by atoms with Crippen molar-refractivity contribution in [3.63, 3.8) is 0 Å². The second-order valence-electron chi connectivity index (χ2n) is 5.61. The third-order valence-electron chi connectivity index (χ3n) is 3.66. The molecule has 21 heavy (non-hydrogen) atoms. The van der Waals surface area contributed by atoms with Gasteiger partial charge in [-0.05, 0) is 38.3 Å². The number of benzene rings is 1. The van der Waals surface area contributed by atoms with Crippen LogP contribution in [0.5, 0.6) is 0 Å². The molecule has 0 heterocycles. The van der Waals surface area contributed by atoms with Gasteiger partial charge in [-0.25, -0.2) is 13.1 Å². The summed E-state index contributed by atoms with van der Waals surface area (Å²) in [6, 6.07) is 5.55. The summed E-state index contributed by atoms with van der Waals surface area (Å²) in [7, 11) is -3.52. The molecule has 0 aliphatic heterocycles. The highest BCUT2D eigenvalue weighted by Crippen LogP contribution is 2.26. The van der Waals surface area contributed by atoms with E-state index in [1.807, 2.05) is 13.0 Å². The minimum absolute atomic E-state index is 0.00298. The molecule has 6 heteroatoms. The van der Waals surface area contributed by atoms with Gasteiger partial charge in [0.25, 0.3) is 0 Å². The van der Waals surface area contributed by atoms with Gasteiger partial charge in [-0.1, -0.05) is 17.7 Å². The maximum Gasteiger partial charge on any atom is 0.240 e. The van der Waals surface area contributed by atoms with Crippen LogP contribution in [-0.2, 0) is 14.8 Å². The normalized spacial score (nSPS) is 15.0. The maximum atomic E-state index is 12.3. The van der Waals surface area contributed by atoms with Crippen LogP contribution in [0.2, 0.25) is 0 Å². The van der Waals surface area contributed by atoms with E-state index in [-0.39, 0.29) is 12.5 Å². The van der Waals surface area contributed by atoms with Crippen molar-refractivity contribution < 1.29 is 13.2 Å². The lowest BCUT2D eigenvalue weighted by Crippen LogP contribution is -2.38. The second kappa shape index (κ2) is 6.15. The fraction of sp³-hybridized carbons (Fsp3) is 0.533. The first-order chi connectivity index (χ1) is 9.81. The van der Waals surface area contributed by atoms with Gasteiger partial charge in [0.2, 0.25) is 15.9 Å². The molecule has 1 aliphatic carbocycles. The number of amides is 1. The molecule has 1 amide bonds. The molecule has 0 unspecified atom stereocenters. The highest BCUT2D eigenvalue weighted by atomic mass is 32.2. The zero-order valence-electron chi connectivity index (χ0n) is 12.7. The third kappa shape index (κ3) is 4.04. The molecular formula is C15H22N2O3S. The Hall–Kier alpha value is -1.40. The van der Waals surface area contributed by atoms with Gasteiger partial charge in [0, 0.05) is 26.1 Å². The Morgan fingerprint density at radius 2 is 2.00 bits per heavy atom. The molecule has 1 saturated carbocycles. The van der Waals surface area contributed by atoms with E-state index >= 15 is 0 Å². The standard InChI is InChI=1S/C15H22N2O3S/c1-11-4-7-15(12(2)10-11)21(19,20)16-8-9-17(13(3)18)14-5-6-14/h4,7,10,14,16H,5-6,8-9H2,1-3H3. The summed E-state index contributed by atoms with van der Waals surface area (Å²) in [5, 5.41) is 0. The SMILES string of the molecule is CC(=O)N(CCNS(=O)(=O)c1ccc(C)cc1C)C1CC1. The molecule has 1 aromatic carbocycles. The minimum Gasteiger partial charge on any atom is -0.339 e. The first-order valence-electron chi connectivity index (χ1n) is 7.15. The Kier molecular flexibility index (Phi) is 4.68. The Labute approximate surface area is 126 Å². The van der Waals surface area contributed by atoms with Crippen LogP contribution in [-0.4, -0.2) is 38.4 Å². The average Bonchev–Trinajstić information content (AvgIpc) is 3.17. The van der Waals surface area contributed by atoms with Gasteiger partial charge in [0.15, 0.2) is 0 Å². The highest BCUT2D eigenvalue weighted by Gasteiger charge is 2.30. The van der Waals surface area contributed by atoms with E-state index in [1.54, 1.807) is 24.0 Å². The zero-order chi connectivity index (χ0) is 15.6. The number of carbonyl (C=O) groups is 1. The lowest BCUT2D eigenvalue weighted by molar-refractivity contribution is -0.129. The van der Waals surface area contributed by atoms with Crippen LogP contribution in [0, 0.1) is 13.8 Å². The molecule has 1 N–H and O–H groups in total. The summed E-state index contributed by atoms with van der Waals surface area (Å²) in [5.74, 6) is 0.00298. The molecule has 1 aliphatic rings. The topological polar surface area (TPSA) is 66.5 Å². The quantitative estimate of drug-likeness (QED) is 0.868. The largest absolute Gasteiger partial charge is 0.339 e. The fourth-order valence-electron chi connectivity index (χ4n) is 2.46. The molecule has 0 radical (unpaired) electrons. The molecule has 1 fully saturated rings. The van der Waals surface area contributed by atoms with Crippen LogP contribution < -0.4 is 4.72 Å². The van der Waals surface area contributed by atoms with Crippen molar-refractivity contribution in [1.29, 1.82) is 0 Å². The summed E-state index contributed by atoms with van der Waals surface area (Å²) < 4.78 is 27.2. The van der Waals surface area contributed by atoms with Crippen molar-refractivity contribution in [2.24, 2.45) is 0 Å². The van der Waals surface area contributed by atoms with E-state index in [9.17, 15) is 13.2 Å². The molecule has 5 nitrogen and oxygen atoms in total. The van der Waals surface area contributed by atoms with Crippen molar-refractivity contribution >= 4 is 15.9 Å². The predicted molar refractivity (Wildman–Crippen MR) is 81.5 cm³/mol. The van der Waals surface area contributed by atoms with Gasteiger partial charge in [-0.15, -0.1) is 0 Å². The van der Waals surface area contributed by atoms with Crippen LogP contribution in [0.15, 0.2) is 23.1 Å². The number of nitrogens with one attached hydrogen (secondary N) is 1. The number of nitrogens with zero attached hydrogens (tertiary/aromatic N) is 1. The Bertz CT molecular complexity index is 636. The molecular weight excluding hydrogens is 288 g/mol. The number of hydrogen-bond donors (Lipinski definition) is 1. The van der Waals surface area contributed by atoms with E-state index in [1.165, 1.54) is 6.92 Å². The molecule has 0 bridgehead atoms. The molecule has 116 valence electrons. The number of carbonyl (C=O) groups excluding carboxylic acids is 1. The van der Waals surface area contributed by atoms with E-state index in [2.05, 4.69) is 4.72 Å². The van der Waals surface area contributed by atoms with Crippen molar-refractivity contribution in [2.45, 2.75) is 44.6 Å². The Morgan fingerprint density at radius 1 is 1.33 bits per heavy atom. The summed E-state index contributed by atoms with van der Waals surface area (Å²) in [6.07, 6.45) is 2.03. The van der Waals surface area contributed by atoms with Crippen LogP contribution >= 0.6 is 0 Å². The zero-order valence-corrected chi connectivity index (χ0v) is 13.5. The van der Waals surface area contributed by atoms with Crippen LogP contribution in [0.4, 0.5) is 0 Å².